The van der Waals surface area contributed by atoms with E-state index < -0.39 is 16.9 Å². The Bertz CT molecular complexity index is 843. The molecule has 0 bridgehead atoms. The van der Waals surface area contributed by atoms with Crippen LogP contribution in [0.1, 0.15) is 6.92 Å². The average molecular weight is 347 g/mol. The van der Waals surface area contributed by atoms with Crippen LogP contribution in [0.15, 0.2) is 47.6 Å². The lowest BCUT2D eigenvalue weighted by Gasteiger charge is -2.20. The van der Waals surface area contributed by atoms with Gasteiger partial charge in [0, 0.05) is 24.9 Å². The van der Waals surface area contributed by atoms with E-state index in [9.17, 15) is 13.6 Å². The monoisotopic (exact) mass is 347 g/mol. The van der Waals surface area contributed by atoms with E-state index in [4.69, 9.17) is 0 Å². The Morgan fingerprint density at radius 2 is 1.88 bits per heavy atom. The molecule has 0 aliphatic heterocycles. The Labute approximate surface area is 141 Å². The van der Waals surface area contributed by atoms with E-state index >= 15 is 0 Å². The summed E-state index contributed by atoms with van der Waals surface area (Å²) < 4.78 is 26.5. The largest absolute Gasteiger partial charge is 0.333 e. The number of H-pyrrole nitrogens is 1. The van der Waals surface area contributed by atoms with Crippen molar-refractivity contribution in [3.05, 3.63) is 54.1 Å². The highest BCUT2D eigenvalue weighted by Gasteiger charge is 2.21. The third-order valence-electron chi connectivity index (χ3n) is 3.61. The van der Waals surface area contributed by atoms with Crippen molar-refractivity contribution in [3.8, 4) is 0 Å². The molecule has 7 heteroatoms. The number of rotatable bonds is 4. The van der Waals surface area contributed by atoms with Gasteiger partial charge in [-0.05, 0) is 19.1 Å². The van der Waals surface area contributed by atoms with Gasteiger partial charge in [0.2, 0.25) is 5.91 Å². The van der Waals surface area contributed by atoms with Gasteiger partial charge in [0.05, 0.1) is 16.3 Å². The van der Waals surface area contributed by atoms with E-state index in [-0.39, 0.29) is 5.91 Å². The number of benzene rings is 2. The van der Waals surface area contributed by atoms with Crippen molar-refractivity contribution in [1.29, 1.82) is 0 Å². The molecule has 1 heterocycles. The number of nitrogens with one attached hydrogen (secondary N) is 1. The van der Waals surface area contributed by atoms with Crippen molar-refractivity contribution in [2.24, 2.45) is 0 Å². The number of nitrogens with zero attached hydrogens (tertiary/aromatic N) is 2. The van der Waals surface area contributed by atoms with Crippen LogP contribution in [0.3, 0.4) is 0 Å². The van der Waals surface area contributed by atoms with Gasteiger partial charge in [-0.2, -0.15) is 0 Å². The van der Waals surface area contributed by atoms with Crippen LogP contribution in [0, 0.1) is 11.6 Å². The van der Waals surface area contributed by atoms with Gasteiger partial charge in [0.1, 0.15) is 0 Å². The van der Waals surface area contributed by atoms with E-state index in [1.165, 1.54) is 11.8 Å². The summed E-state index contributed by atoms with van der Waals surface area (Å²) in [5.74, 6) is -1.97. The van der Waals surface area contributed by atoms with Crippen molar-refractivity contribution >= 4 is 34.4 Å². The number of aromatic amines is 1. The number of carbonyl (C=O) groups is 1. The minimum atomic E-state index is -0.946. The fraction of sp³-hybridized carbons (Fsp3) is 0.176. The second kappa shape index (κ2) is 6.60. The summed E-state index contributed by atoms with van der Waals surface area (Å²) in [5, 5.41) is 0.0303. The molecule has 1 amide bonds. The average Bonchev–Trinajstić information content (AvgIpc) is 2.95. The van der Waals surface area contributed by atoms with Gasteiger partial charge in [-0.15, -0.1) is 0 Å². The molecule has 0 saturated heterocycles. The predicted molar refractivity (Wildman–Crippen MR) is 91.2 cm³/mol. The van der Waals surface area contributed by atoms with Gasteiger partial charge in [0.25, 0.3) is 0 Å². The summed E-state index contributed by atoms with van der Waals surface area (Å²) in [4.78, 5) is 21.2. The van der Waals surface area contributed by atoms with Gasteiger partial charge in [-0.1, -0.05) is 30.0 Å². The van der Waals surface area contributed by atoms with Crippen LogP contribution in [-0.4, -0.2) is 28.2 Å². The lowest BCUT2D eigenvalue weighted by atomic mass is 10.3. The Morgan fingerprint density at radius 3 is 2.58 bits per heavy atom. The number of fused-ring (bicyclic) bond motifs is 1. The second-order valence-electron chi connectivity index (χ2n) is 5.32. The molecule has 1 atom stereocenters. The highest BCUT2D eigenvalue weighted by Crippen LogP contribution is 2.26. The fourth-order valence-electron chi connectivity index (χ4n) is 2.31. The van der Waals surface area contributed by atoms with Crippen LogP contribution >= 0.6 is 11.8 Å². The number of carbonyl (C=O) groups excluding carboxylic acids is 1. The molecule has 1 aromatic heterocycles. The normalized spacial score (nSPS) is 12.3. The third-order valence-corrected chi connectivity index (χ3v) is 4.58. The molecule has 0 fully saturated rings. The summed E-state index contributed by atoms with van der Waals surface area (Å²) in [6, 6.07) is 11.4. The molecule has 4 nitrogen and oxygen atoms in total. The summed E-state index contributed by atoms with van der Waals surface area (Å²) in [6.45, 7) is 1.76. The Morgan fingerprint density at radius 1 is 1.21 bits per heavy atom. The molecule has 1 unspecified atom stereocenters. The number of hydrogen-bond acceptors (Lipinski definition) is 3. The topological polar surface area (TPSA) is 49.0 Å². The third kappa shape index (κ3) is 3.26. The molecule has 3 aromatic rings. The Balaban J connectivity index is 1.76. The number of hydrogen-bond donors (Lipinski definition) is 1. The van der Waals surface area contributed by atoms with Crippen LogP contribution in [0.2, 0.25) is 0 Å². The van der Waals surface area contributed by atoms with Crippen molar-refractivity contribution in [2.45, 2.75) is 17.3 Å². The first-order valence-corrected chi connectivity index (χ1v) is 8.17. The molecule has 0 aliphatic carbocycles. The molecule has 3 rings (SSSR count). The number of anilines is 1. The zero-order valence-electron chi connectivity index (χ0n) is 13.1. The summed E-state index contributed by atoms with van der Waals surface area (Å²) in [6.07, 6.45) is 0. The maximum atomic E-state index is 13.3. The van der Waals surface area contributed by atoms with E-state index in [1.54, 1.807) is 18.9 Å². The van der Waals surface area contributed by atoms with Crippen molar-refractivity contribution in [2.75, 3.05) is 11.9 Å². The number of imidazole rings is 1. The summed E-state index contributed by atoms with van der Waals surface area (Å²) in [5.41, 5.74) is 1.52. The standard InChI is InChI=1S/C17H15F2N3OS/c1-10(16(23)22(2)11-6-4-3-5-7-11)24-17-20-14-8-12(18)13(19)9-15(14)21-17/h3-10H,1-2H3,(H,20,21). The SMILES string of the molecule is CC(Sc1nc2cc(F)c(F)cc2[nH]1)C(=O)N(C)c1ccccc1. The van der Waals surface area contributed by atoms with E-state index in [0.29, 0.717) is 16.2 Å². The van der Waals surface area contributed by atoms with E-state index in [0.717, 1.165) is 17.8 Å². The van der Waals surface area contributed by atoms with Crippen molar-refractivity contribution in [1.82, 2.24) is 9.97 Å². The molecule has 0 spiro atoms. The zero-order valence-corrected chi connectivity index (χ0v) is 13.9. The molecule has 124 valence electrons. The Hall–Kier alpha value is -2.41. The van der Waals surface area contributed by atoms with Gasteiger partial charge < -0.3 is 9.88 Å². The summed E-state index contributed by atoms with van der Waals surface area (Å²) in [7, 11) is 1.71. The van der Waals surface area contributed by atoms with Crippen LogP contribution < -0.4 is 4.90 Å². The summed E-state index contributed by atoms with van der Waals surface area (Å²) >= 11 is 1.21. The lowest BCUT2D eigenvalue weighted by molar-refractivity contribution is -0.117. The maximum absolute atomic E-state index is 13.3. The molecule has 0 saturated carbocycles. The minimum Gasteiger partial charge on any atom is -0.333 e. The maximum Gasteiger partial charge on any atom is 0.240 e. The number of halogens is 2. The number of amides is 1. The van der Waals surface area contributed by atoms with Crippen LogP contribution in [-0.2, 0) is 4.79 Å². The van der Waals surface area contributed by atoms with Gasteiger partial charge in [-0.25, -0.2) is 13.8 Å². The molecular formula is C17H15F2N3OS. The first-order valence-electron chi connectivity index (χ1n) is 7.29. The number of para-hydroxylation sites is 1. The van der Waals surface area contributed by atoms with Crippen molar-refractivity contribution < 1.29 is 13.6 Å². The number of thioether (sulfide) groups is 1. The number of aromatic nitrogens is 2. The molecule has 1 N–H and O–H groups in total. The molecule has 24 heavy (non-hydrogen) atoms. The van der Waals surface area contributed by atoms with Crippen LogP contribution in [0.4, 0.5) is 14.5 Å². The molecule has 2 aromatic carbocycles. The highest BCUT2D eigenvalue weighted by atomic mass is 32.2. The first-order chi connectivity index (χ1) is 11.5. The predicted octanol–water partition coefficient (Wildman–Crippen LogP) is 3.98. The van der Waals surface area contributed by atoms with Gasteiger partial charge in [0.15, 0.2) is 16.8 Å². The van der Waals surface area contributed by atoms with E-state index in [1.807, 2.05) is 30.3 Å². The van der Waals surface area contributed by atoms with Gasteiger partial charge >= 0.3 is 0 Å². The highest BCUT2D eigenvalue weighted by molar-refractivity contribution is 8.00. The minimum absolute atomic E-state index is 0.0935. The zero-order chi connectivity index (χ0) is 17.3. The molecule has 0 aliphatic rings. The quantitative estimate of drug-likeness (QED) is 0.726. The van der Waals surface area contributed by atoms with Crippen LogP contribution in [0.5, 0.6) is 0 Å². The second-order valence-corrected chi connectivity index (χ2v) is 6.65. The smallest absolute Gasteiger partial charge is 0.240 e. The van der Waals surface area contributed by atoms with E-state index in [2.05, 4.69) is 9.97 Å². The molecule has 0 radical (unpaired) electrons. The first kappa shape index (κ1) is 16.4. The molecular weight excluding hydrogens is 332 g/mol. The van der Waals surface area contributed by atoms with Crippen molar-refractivity contribution in [3.63, 3.8) is 0 Å². The fourth-order valence-corrected chi connectivity index (χ4v) is 3.22. The van der Waals surface area contributed by atoms with Crippen LogP contribution in [0.25, 0.3) is 11.0 Å². The Kier molecular flexibility index (Phi) is 4.53. The lowest BCUT2D eigenvalue weighted by Crippen LogP contribution is -2.33. The van der Waals surface area contributed by atoms with Gasteiger partial charge in [-0.3, -0.25) is 4.79 Å².